The van der Waals surface area contributed by atoms with Crippen LogP contribution in [0.25, 0.3) is 0 Å². The highest BCUT2D eigenvalue weighted by Gasteiger charge is 2.19. The highest BCUT2D eigenvalue weighted by Crippen LogP contribution is 2.40. The van der Waals surface area contributed by atoms with Gasteiger partial charge < -0.3 is 18.9 Å². The van der Waals surface area contributed by atoms with Crippen LogP contribution >= 0.6 is 0 Å². The Kier molecular flexibility index (Phi) is 6.55. The molecule has 118 valence electrons. The molecule has 8 heteroatoms. The molecule has 0 heterocycles. The summed E-state index contributed by atoms with van der Waals surface area (Å²) in [6.07, 6.45) is 0.162. The molecule has 8 nitrogen and oxygen atoms in total. The van der Waals surface area contributed by atoms with Crippen molar-refractivity contribution in [1.29, 1.82) is 0 Å². The highest BCUT2D eigenvalue weighted by molar-refractivity contribution is 5.77. The van der Waals surface area contributed by atoms with Crippen LogP contribution in [-0.4, -0.2) is 24.9 Å². The first-order valence-corrected chi connectivity index (χ1v) is 6.35. The monoisotopic (exact) mass is 310 g/mol. The number of esters is 2. The Morgan fingerprint density at radius 3 is 1.45 bits per heavy atom. The van der Waals surface area contributed by atoms with Crippen LogP contribution in [-0.2, 0) is 19.2 Å². The molecule has 0 spiro atoms. The van der Waals surface area contributed by atoms with Gasteiger partial charge in [-0.1, -0.05) is 13.8 Å². The van der Waals surface area contributed by atoms with Crippen LogP contribution in [0, 0.1) is 0 Å². The van der Waals surface area contributed by atoms with Crippen LogP contribution in [0.1, 0.15) is 26.7 Å². The van der Waals surface area contributed by atoms with E-state index in [1.807, 2.05) is 0 Å². The van der Waals surface area contributed by atoms with Crippen LogP contribution < -0.4 is 18.9 Å². The van der Waals surface area contributed by atoms with Crippen LogP contribution in [0.3, 0.4) is 0 Å². The second-order valence-corrected chi connectivity index (χ2v) is 3.83. The van der Waals surface area contributed by atoms with Crippen LogP contribution in [0.15, 0.2) is 12.1 Å². The summed E-state index contributed by atoms with van der Waals surface area (Å²) in [4.78, 5) is 43.8. The maximum absolute atomic E-state index is 11.4. The number of carbonyl (C=O) groups excluding carboxylic acids is 4. The second-order valence-electron chi connectivity index (χ2n) is 3.83. The Balaban J connectivity index is 3.30. The predicted molar refractivity (Wildman–Crippen MR) is 71.7 cm³/mol. The molecule has 0 saturated heterocycles. The Hall–Kier alpha value is -2.90. The zero-order valence-electron chi connectivity index (χ0n) is 12.0. The lowest BCUT2D eigenvalue weighted by atomic mass is 10.2. The van der Waals surface area contributed by atoms with E-state index in [2.05, 4.69) is 9.47 Å². The van der Waals surface area contributed by atoms with Crippen molar-refractivity contribution in [2.24, 2.45) is 0 Å². The highest BCUT2D eigenvalue weighted by atomic mass is 16.6. The van der Waals surface area contributed by atoms with Crippen LogP contribution in [0.2, 0.25) is 0 Å². The molecule has 0 saturated carbocycles. The first-order chi connectivity index (χ1) is 10.5. The topological polar surface area (TPSA) is 105 Å². The third kappa shape index (κ3) is 4.58. The zero-order valence-corrected chi connectivity index (χ0v) is 12.0. The minimum Gasteiger partial charge on any atom is -0.425 e. The van der Waals surface area contributed by atoms with E-state index in [1.165, 1.54) is 0 Å². The third-order valence-electron chi connectivity index (χ3n) is 2.39. The Labute approximate surface area is 125 Å². The number of hydrogen-bond acceptors (Lipinski definition) is 8. The van der Waals surface area contributed by atoms with Gasteiger partial charge in [0.25, 0.3) is 12.9 Å². The largest absolute Gasteiger partial charge is 0.425 e. The van der Waals surface area contributed by atoms with E-state index in [-0.39, 0.29) is 48.8 Å². The van der Waals surface area contributed by atoms with Gasteiger partial charge in [0.2, 0.25) is 0 Å². The van der Waals surface area contributed by atoms with Crippen molar-refractivity contribution in [3.05, 3.63) is 12.1 Å². The number of ether oxygens (including phenoxy) is 4. The molecular weight excluding hydrogens is 296 g/mol. The first-order valence-electron chi connectivity index (χ1n) is 6.35. The summed E-state index contributed by atoms with van der Waals surface area (Å²) in [7, 11) is 0. The van der Waals surface area contributed by atoms with Gasteiger partial charge in [-0.2, -0.15) is 0 Å². The van der Waals surface area contributed by atoms with Gasteiger partial charge in [-0.05, 0) is 0 Å². The summed E-state index contributed by atoms with van der Waals surface area (Å²) in [6, 6.07) is 2.22. The second kappa shape index (κ2) is 8.40. The molecule has 0 aliphatic carbocycles. The molecule has 0 N–H and O–H groups in total. The zero-order chi connectivity index (χ0) is 16.5. The average molecular weight is 310 g/mol. The first kappa shape index (κ1) is 17.2. The van der Waals surface area contributed by atoms with Gasteiger partial charge in [0.15, 0.2) is 23.0 Å². The molecule has 0 aromatic heterocycles. The summed E-state index contributed by atoms with van der Waals surface area (Å²) < 4.78 is 19.3. The Morgan fingerprint density at radius 2 is 1.18 bits per heavy atom. The van der Waals surface area contributed by atoms with Gasteiger partial charge in [0.05, 0.1) is 0 Å². The van der Waals surface area contributed by atoms with E-state index >= 15 is 0 Å². The standard InChI is InChI=1S/C14H14O8/c1-3-13(17)21-11-5-9(19-7-15)10(20-8-16)6-12(11)22-14(18)4-2/h5-8H,3-4H2,1-2H3. The van der Waals surface area contributed by atoms with Gasteiger partial charge in [-0.3, -0.25) is 19.2 Å². The quantitative estimate of drug-likeness (QED) is 0.403. The number of rotatable bonds is 8. The maximum atomic E-state index is 11.4. The fraction of sp³-hybridized carbons (Fsp3) is 0.286. The lowest BCUT2D eigenvalue weighted by Crippen LogP contribution is -2.11. The van der Waals surface area contributed by atoms with E-state index < -0.39 is 11.9 Å². The number of carbonyl (C=O) groups is 4. The third-order valence-corrected chi connectivity index (χ3v) is 2.39. The lowest BCUT2D eigenvalue weighted by Gasteiger charge is -2.13. The molecule has 1 aromatic rings. The van der Waals surface area contributed by atoms with Crippen molar-refractivity contribution >= 4 is 24.9 Å². The molecule has 0 fully saturated rings. The van der Waals surface area contributed by atoms with Gasteiger partial charge in [0.1, 0.15) is 0 Å². The van der Waals surface area contributed by atoms with Gasteiger partial charge in [-0.25, -0.2) is 0 Å². The Bertz CT molecular complexity index is 527. The smallest absolute Gasteiger partial charge is 0.311 e. The molecule has 0 aliphatic rings. The minimum atomic E-state index is -0.588. The van der Waals surface area contributed by atoms with Crippen molar-refractivity contribution in [3.8, 4) is 23.0 Å². The van der Waals surface area contributed by atoms with E-state index in [1.54, 1.807) is 13.8 Å². The summed E-state index contributed by atoms with van der Waals surface area (Å²) >= 11 is 0. The lowest BCUT2D eigenvalue weighted by molar-refractivity contribution is -0.136. The summed E-state index contributed by atoms with van der Waals surface area (Å²) in [6.45, 7) is 3.37. The molecule has 0 bridgehead atoms. The minimum absolute atomic E-state index is 0.0810. The van der Waals surface area contributed by atoms with E-state index in [4.69, 9.17) is 9.47 Å². The fourth-order valence-electron chi connectivity index (χ4n) is 1.36. The van der Waals surface area contributed by atoms with Crippen molar-refractivity contribution in [2.45, 2.75) is 26.7 Å². The summed E-state index contributed by atoms with van der Waals surface area (Å²) in [5.41, 5.74) is 0. The van der Waals surface area contributed by atoms with Gasteiger partial charge in [0, 0.05) is 25.0 Å². The normalized spacial score (nSPS) is 9.55. The number of benzene rings is 1. The molecule has 0 atom stereocenters. The molecule has 22 heavy (non-hydrogen) atoms. The van der Waals surface area contributed by atoms with Crippen LogP contribution in [0.5, 0.6) is 23.0 Å². The molecule has 0 unspecified atom stereocenters. The van der Waals surface area contributed by atoms with E-state index in [9.17, 15) is 19.2 Å². The molecule has 0 amide bonds. The number of hydrogen-bond donors (Lipinski definition) is 0. The van der Waals surface area contributed by atoms with Gasteiger partial charge >= 0.3 is 11.9 Å². The molecule has 1 aromatic carbocycles. The van der Waals surface area contributed by atoms with Crippen molar-refractivity contribution in [3.63, 3.8) is 0 Å². The molecule has 0 radical (unpaired) electrons. The summed E-state index contributed by atoms with van der Waals surface area (Å²) in [5.74, 6) is -1.79. The van der Waals surface area contributed by atoms with Crippen molar-refractivity contribution < 1.29 is 38.1 Å². The van der Waals surface area contributed by atoms with E-state index in [0.717, 1.165) is 12.1 Å². The van der Waals surface area contributed by atoms with Crippen molar-refractivity contribution in [2.75, 3.05) is 0 Å². The summed E-state index contributed by atoms with van der Waals surface area (Å²) in [5, 5.41) is 0. The van der Waals surface area contributed by atoms with Crippen LogP contribution in [0.4, 0.5) is 0 Å². The molecule has 0 aliphatic heterocycles. The molecule has 1 rings (SSSR count). The van der Waals surface area contributed by atoms with Gasteiger partial charge in [-0.15, -0.1) is 0 Å². The van der Waals surface area contributed by atoms with E-state index in [0.29, 0.717) is 0 Å². The Morgan fingerprint density at radius 1 is 0.818 bits per heavy atom. The van der Waals surface area contributed by atoms with Crippen molar-refractivity contribution in [1.82, 2.24) is 0 Å². The maximum Gasteiger partial charge on any atom is 0.311 e. The predicted octanol–water partition coefficient (Wildman–Crippen LogP) is 1.39. The average Bonchev–Trinajstić information content (AvgIpc) is 2.51. The SMILES string of the molecule is CCC(=O)Oc1cc(OC=O)c(OC=O)cc1OC(=O)CC. The molecular formula is C14H14O8. The fourth-order valence-corrected chi connectivity index (χ4v) is 1.36.